The number of carbonyl (C=O) groups excluding carboxylic acids is 2. The van der Waals surface area contributed by atoms with Crippen LogP contribution in [0.5, 0.6) is 17.2 Å². The number of allylic oxidation sites excluding steroid dienone is 3. The van der Waals surface area contributed by atoms with Crippen molar-refractivity contribution in [3.63, 3.8) is 0 Å². The number of nitriles is 1. The molecule has 9 heteroatoms. The van der Waals surface area contributed by atoms with Gasteiger partial charge in [0.05, 0.1) is 42.0 Å². The molecule has 2 aliphatic heterocycles. The van der Waals surface area contributed by atoms with Gasteiger partial charge in [0.15, 0.2) is 23.1 Å². The summed E-state index contributed by atoms with van der Waals surface area (Å²) >= 11 is 1.30. The van der Waals surface area contributed by atoms with Crippen LogP contribution in [0.25, 0.3) is 0 Å². The highest BCUT2D eigenvalue weighted by molar-refractivity contribution is 8.03. The number of Topliss-reactive ketones (excluding diaryl/α,β-unsaturated/α-hetero) is 2. The molecule has 0 fully saturated rings. The average molecular weight is 532 g/mol. The number of ether oxygens (including phenoxy) is 3. The number of anilines is 1. The molecule has 0 saturated heterocycles. The molecule has 0 bridgehead atoms. The number of fused-ring (bicyclic) bond motifs is 1. The van der Waals surface area contributed by atoms with Crippen LogP contribution in [-0.2, 0) is 9.59 Å². The van der Waals surface area contributed by atoms with Gasteiger partial charge in [0, 0.05) is 29.4 Å². The van der Waals surface area contributed by atoms with E-state index in [-0.39, 0.29) is 36.1 Å². The maximum atomic E-state index is 13.3. The van der Waals surface area contributed by atoms with Crippen LogP contribution in [0.15, 0.2) is 64.3 Å². The molecule has 0 saturated carbocycles. The van der Waals surface area contributed by atoms with E-state index in [1.807, 2.05) is 30.3 Å². The first-order chi connectivity index (χ1) is 18.3. The zero-order valence-electron chi connectivity index (χ0n) is 21.6. The Balaban J connectivity index is 1.36. The lowest BCUT2D eigenvalue weighted by Gasteiger charge is -2.39. The number of carbonyl (C=O) groups is 2. The number of methoxy groups -OCH3 is 1. The number of hydrogen-bond acceptors (Lipinski definition) is 9. The number of thioether (sulfide) groups is 1. The van der Waals surface area contributed by atoms with Crippen molar-refractivity contribution in [2.45, 2.75) is 32.6 Å². The molecule has 0 unspecified atom stereocenters. The molecule has 2 aromatic carbocycles. The number of ketones is 2. The summed E-state index contributed by atoms with van der Waals surface area (Å²) < 4.78 is 16.0. The fourth-order valence-corrected chi connectivity index (χ4v) is 5.95. The standard InChI is InChI=1S/C29H29N3O5S/c1-29(2)11-22-27(23(34)12-29)26(17-4-7-20(35-3)8-5-17)21(13-30)28(32-22)38-15-19(33)14-31-18-6-9-24-25(10-18)37-16-36-24/h4-10,26,31-32H,11-12,14-16H2,1-3H3/t26-/m0/s1. The smallest absolute Gasteiger partial charge is 0.231 e. The summed E-state index contributed by atoms with van der Waals surface area (Å²) in [6.45, 7) is 4.46. The Kier molecular flexibility index (Phi) is 7.09. The molecule has 2 heterocycles. The lowest BCUT2D eigenvalue weighted by atomic mass is 9.69. The van der Waals surface area contributed by atoms with Crippen molar-refractivity contribution in [1.29, 1.82) is 5.26 Å². The normalized spacial score (nSPS) is 19.4. The van der Waals surface area contributed by atoms with Crippen molar-refractivity contribution in [3.05, 3.63) is 69.9 Å². The molecule has 0 amide bonds. The van der Waals surface area contributed by atoms with Crippen LogP contribution in [-0.4, -0.2) is 37.8 Å². The van der Waals surface area contributed by atoms with Crippen LogP contribution in [0.3, 0.4) is 0 Å². The van der Waals surface area contributed by atoms with Crippen LogP contribution in [0, 0.1) is 16.7 Å². The molecule has 2 aromatic rings. The summed E-state index contributed by atoms with van der Waals surface area (Å²) in [7, 11) is 1.60. The molecule has 0 aromatic heterocycles. The molecule has 8 nitrogen and oxygen atoms in total. The van der Waals surface area contributed by atoms with Crippen molar-refractivity contribution < 1.29 is 23.8 Å². The topological polar surface area (TPSA) is 110 Å². The Labute approximate surface area is 226 Å². The third kappa shape index (κ3) is 5.22. The highest BCUT2D eigenvalue weighted by Gasteiger charge is 2.42. The van der Waals surface area contributed by atoms with Crippen LogP contribution in [0.2, 0.25) is 0 Å². The Hall–Kier alpha value is -3.90. The average Bonchev–Trinajstić information content (AvgIpc) is 3.37. The van der Waals surface area contributed by atoms with Crippen molar-refractivity contribution >= 4 is 29.0 Å². The Morgan fingerprint density at radius 3 is 2.68 bits per heavy atom. The molecule has 2 N–H and O–H groups in total. The van der Waals surface area contributed by atoms with E-state index in [9.17, 15) is 14.9 Å². The maximum absolute atomic E-state index is 13.3. The Morgan fingerprint density at radius 1 is 1.18 bits per heavy atom. The predicted octanol–water partition coefficient (Wildman–Crippen LogP) is 4.90. The van der Waals surface area contributed by atoms with Gasteiger partial charge >= 0.3 is 0 Å². The fraction of sp³-hybridized carbons (Fsp3) is 0.345. The van der Waals surface area contributed by atoms with Gasteiger partial charge in [-0.25, -0.2) is 0 Å². The highest BCUT2D eigenvalue weighted by atomic mass is 32.2. The second-order valence-corrected chi connectivity index (χ2v) is 11.3. The lowest BCUT2D eigenvalue weighted by molar-refractivity contribution is -0.118. The molecule has 196 valence electrons. The van der Waals surface area contributed by atoms with Gasteiger partial charge < -0.3 is 24.8 Å². The first-order valence-electron chi connectivity index (χ1n) is 12.4. The summed E-state index contributed by atoms with van der Waals surface area (Å²) in [4.78, 5) is 26.1. The predicted molar refractivity (Wildman–Crippen MR) is 145 cm³/mol. The Bertz CT molecular complexity index is 1390. The van der Waals surface area contributed by atoms with Crippen LogP contribution in [0.1, 0.15) is 38.2 Å². The summed E-state index contributed by atoms with van der Waals surface area (Å²) in [5.74, 6) is 1.72. The number of dihydropyridines is 1. The minimum atomic E-state index is -0.491. The number of rotatable bonds is 8. The third-order valence-electron chi connectivity index (χ3n) is 6.82. The van der Waals surface area contributed by atoms with Crippen LogP contribution in [0.4, 0.5) is 5.69 Å². The van der Waals surface area contributed by atoms with Gasteiger partial charge in [-0.05, 0) is 41.7 Å². The molecule has 38 heavy (non-hydrogen) atoms. The van der Waals surface area contributed by atoms with Gasteiger partial charge in [-0.2, -0.15) is 5.26 Å². The summed E-state index contributed by atoms with van der Waals surface area (Å²) in [6, 6.07) is 15.2. The number of nitrogens with one attached hydrogen (secondary N) is 2. The first kappa shape index (κ1) is 25.7. The second kappa shape index (κ2) is 10.5. The molecule has 0 radical (unpaired) electrons. The molecular weight excluding hydrogens is 502 g/mol. The van der Waals surface area contributed by atoms with Crippen molar-refractivity contribution in [3.8, 4) is 23.3 Å². The van der Waals surface area contributed by atoms with Gasteiger partial charge in [-0.3, -0.25) is 9.59 Å². The third-order valence-corrected chi connectivity index (χ3v) is 7.89. The SMILES string of the molecule is COc1ccc([C@H]2C(C#N)=C(SCC(=O)CNc3ccc4c(c3)OCO4)NC3=C2C(=O)CC(C)(C)C3)cc1. The van der Waals surface area contributed by atoms with Gasteiger partial charge in [0.1, 0.15) is 5.75 Å². The summed E-state index contributed by atoms with van der Waals surface area (Å²) in [5.41, 5.74) is 3.34. The summed E-state index contributed by atoms with van der Waals surface area (Å²) in [6.07, 6.45) is 1.11. The Morgan fingerprint density at radius 2 is 1.95 bits per heavy atom. The lowest BCUT2D eigenvalue weighted by Crippen LogP contribution is -2.37. The van der Waals surface area contributed by atoms with E-state index in [1.54, 1.807) is 19.2 Å². The monoisotopic (exact) mass is 531 g/mol. The number of hydrogen-bond donors (Lipinski definition) is 2. The second-order valence-electron chi connectivity index (χ2n) is 10.3. The first-order valence-corrected chi connectivity index (χ1v) is 13.4. The quantitative estimate of drug-likeness (QED) is 0.491. The maximum Gasteiger partial charge on any atom is 0.231 e. The van der Waals surface area contributed by atoms with Gasteiger partial charge in [-0.15, -0.1) is 0 Å². The zero-order valence-corrected chi connectivity index (χ0v) is 22.4. The van der Waals surface area contributed by atoms with E-state index in [0.717, 1.165) is 16.9 Å². The van der Waals surface area contributed by atoms with E-state index in [2.05, 4.69) is 30.6 Å². The van der Waals surface area contributed by atoms with E-state index in [1.165, 1.54) is 11.8 Å². The number of benzene rings is 2. The molecule has 1 aliphatic carbocycles. The molecule has 3 aliphatic rings. The van der Waals surface area contributed by atoms with E-state index < -0.39 is 5.92 Å². The van der Waals surface area contributed by atoms with Gasteiger partial charge in [0.25, 0.3) is 0 Å². The minimum Gasteiger partial charge on any atom is -0.497 e. The van der Waals surface area contributed by atoms with Crippen molar-refractivity contribution in [1.82, 2.24) is 5.32 Å². The van der Waals surface area contributed by atoms with E-state index in [4.69, 9.17) is 14.2 Å². The zero-order chi connectivity index (χ0) is 26.9. The molecule has 1 atom stereocenters. The number of nitrogens with zero attached hydrogens (tertiary/aromatic N) is 1. The van der Waals surface area contributed by atoms with Crippen LogP contribution >= 0.6 is 11.8 Å². The molecule has 5 rings (SSSR count). The van der Waals surface area contributed by atoms with Gasteiger partial charge in [0.2, 0.25) is 6.79 Å². The van der Waals surface area contributed by atoms with Crippen molar-refractivity contribution in [2.75, 3.05) is 31.5 Å². The van der Waals surface area contributed by atoms with Gasteiger partial charge in [-0.1, -0.05) is 37.7 Å². The van der Waals surface area contributed by atoms with E-state index >= 15 is 0 Å². The van der Waals surface area contributed by atoms with Crippen molar-refractivity contribution in [2.24, 2.45) is 5.41 Å². The largest absolute Gasteiger partial charge is 0.497 e. The van der Waals surface area contributed by atoms with E-state index in [0.29, 0.717) is 46.3 Å². The van der Waals surface area contributed by atoms with Crippen LogP contribution < -0.4 is 24.8 Å². The fourth-order valence-electron chi connectivity index (χ4n) is 5.03. The molecule has 0 spiro atoms. The minimum absolute atomic E-state index is 0.0277. The summed E-state index contributed by atoms with van der Waals surface area (Å²) in [5, 5.41) is 17.3. The highest BCUT2D eigenvalue weighted by Crippen LogP contribution is 2.48. The molecular formula is C29H29N3O5S.